The van der Waals surface area contributed by atoms with Gasteiger partial charge in [0.2, 0.25) is 0 Å². The first-order valence-electron chi connectivity index (χ1n) is 7.90. The summed E-state index contributed by atoms with van der Waals surface area (Å²) in [6, 6.07) is 0.582. The van der Waals surface area contributed by atoms with E-state index in [9.17, 15) is 5.11 Å². The van der Waals surface area contributed by atoms with Crippen molar-refractivity contribution in [1.29, 1.82) is 0 Å². The van der Waals surface area contributed by atoms with Gasteiger partial charge in [-0.25, -0.2) is 0 Å². The van der Waals surface area contributed by atoms with E-state index >= 15 is 0 Å². The number of nitrogens with one attached hydrogen (secondary N) is 1. The highest BCUT2D eigenvalue weighted by Crippen LogP contribution is 2.16. The first-order valence-corrected chi connectivity index (χ1v) is 7.90. The quantitative estimate of drug-likeness (QED) is 0.632. The Kier molecular flexibility index (Phi) is 10.4. The molecule has 1 saturated carbocycles. The van der Waals surface area contributed by atoms with E-state index < -0.39 is 6.10 Å². The molecule has 0 aliphatic heterocycles. The van der Waals surface area contributed by atoms with Crippen LogP contribution in [-0.4, -0.2) is 50.2 Å². The van der Waals surface area contributed by atoms with Crippen molar-refractivity contribution in [3.8, 4) is 0 Å². The minimum absolute atomic E-state index is 0.396. The second-order valence-corrected chi connectivity index (χ2v) is 5.38. The van der Waals surface area contributed by atoms with E-state index in [4.69, 9.17) is 9.47 Å². The molecule has 0 aromatic rings. The summed E-state index contributed by atoms with van der Waals surface area (Å²) in [5.74, 6) is 0. The van der Waals surface area contributed by atoms with Crippen LogP contribution in [0.2, 0.25) is 0 Å². The van der Waals surface area contributed by atoms with Crippen molar-refractivity contribution in [3.05, 3.63) is 0 Å². The van der Waals surface area contributed by atoms with E-state index in [0.29, 0.717) is 32.4 Å². The molecule has 2 N–H and O–H groups in total. The summed E-state index contributed by atoms with van der Waals surface area (Å²) in [5, 5.41) is 13.3. The van der Waals surface area contributed by atoms with Gasteiger partial charge in [-0.3, -0.25) is 0 Å². The summed E-state index contributed by atoms with van der Waals surface area (Å²) < 4.78 is 10.5. The SMILES string of the molecule is CCOCCOCC(O)CNC1CCCCCCC1. The maximum atomic E-state index is 9.83. The van der Waals surface area contributed by atoms with Crippen molar-refractivity contribution in [2.75, 3.05) is 33.0 Å². The number of hydrogen-bond acceptors (Lipinski definition) is 4. The lowest BCUT2D eigenvalue weighted by molar-refractivity contribution is 0.00550. The molecule has 4 nitrogen and oxygen atoms in total. The van der Waals surface area contributed by atoms with Crippen LogP contribution in [0.3, 0.4) is 0 Å². The Morgan fingerprint density at radius 1 is 1.05 bits per heavy atom. The van der Waals surface area contributed by atoms with Crippen molar-refractivity contribution in [2.24, 2.45) is 0 Å². The number of ether oxygens (including phenoxy) is 2. The first kappa shape index (κ1) is 16.9. The van der Waals surface area contributed by atoms with E-state index in [-0.39, 0.29) is 0 Å². The van der Waals surface area contributed by atoms with Crippen LogP contribution in [0.15, 0.2) is 0 Å². The molecule has 0 saturated heterocycles. The van der Waals surface area contributed by atoms with Crippen molar-refractivity contribution >= 4 is 0 Å². The van der Waals surface area contributed by atoms with Crippen molar-refractivity contribution in [3.63, 3.8) is 0 Å². The van der Waals surface area contributed by atoms with Gasteiger partial charge in [0.05, 0.1) is 25.9 Å². The summed E-state index contributed by atoms with van der Waals surface area (Å²) in [4.78, 5) is 0. The van der Waals surface area contributed by atoms with Crippen LogP contribution in [0.4, 0.5) is 0 Å². The van der Waals surface area contributed by atoms with Crippen molar-refractivity contribution in [2.45, 2.75) is 64.0 Å². The van der Waals surface area contributed by atoms with Gasteiger partial charge < -0.3 is 19.9 Å². The zero-order valence-corrected chi connectivity index (χ0v) is 12.4. The summed E-state index contributed by atoms with van der Waals surface area (Å²) in [6.07, 6.45) is 8.84. The van der Waals surface area contributed by atoms with Gasteiger partial charge in [-0.15, -0.1) is 0 Å². The molecule has 114 valence electrons. The molecular formula is C15H31NO3. The van der Waals surface area contributed by atoms with Crippen molar-refractivity contribution < 1.29 is 14.6 Å². The number of aliphatic hydroxyl groups is 1. The molecule has 1 rings (SSSR count). The average Bonchev–Trinajstić information content (AvgIpc) is 2.37. The van der Waals surface area contributed by atoms with E-state index in [1.54, 1.807) is 0 Å². The van der Waals surface area contributed by atoms with E-state index in [0.717, 1.165) is 6.61 Å². The lowest BCUT2D eigenvalue weighted by atomic mass is 9.97. The Hall–Kier alpha value is -0.160. The Morgan fingerprint density at radius 3 is 2.37 bits per heavy atom. The molecule has 0 aromatic heterocycles. The maximum Gasteiger partial charge on any atom is 0.0897 e. The highest BCUT2D eigenvalue weighted by molar-refractivity contribution is 4.71. The molecule has 0 amide bonds. The molecule has 4 heteroatoms. The number of rotatable bonds is 9. The summed E-state index contributed by atoms with van der Waals surface area (Å²) in [7, 11) is 0. The molecular weight excluding hydrogens is 242 g/mol. The largest absolute Gasteiger partial charge is 0.389 e. The third-order valence-corrected chi connectivity index (χ3v) is 3.63. The van der Waals surface area contributed by atoms with Crippen LogP contribution in [-0.2, 0) is 9.47 Å². The fourth-order valence-electron chi connectivity index (χ4n) is 2.50. The van der Waals surface area contributed by atoms with Crippen molar-refractivity contribution in [1.82, 2.24) is 5.32 Å². The Morgan fingerprint density at radius 2 is 1.68 bits per heavy atom. The minimum Gasteiger partial charge on any atom is -0.389 e. The molecule has 1 unspecified atom stereocenters. The third kappa shape index (κ3) is 9.38. The van der Waals surface area contributed by atoms with Crippen LogP contribution in [0.5, 0.6) is 0 Å². The van der Waals surface area contributed by atoms with Crippen LogP contribution in [0.25, 0.3) is 0 Å². The third-order valence-electron chi connectivity index (χ3n) is 3.63. The second kappa shape index (κ2) is 11.6. The zero-order chi connectivity index (χ0) is 13.8. The van der Waals surface area contributed by atoms with Gasteiger partial charge in [0, 0.05) is 19.2 Å². The average molecular weight is 273 g/mol. The Labute approximate surface area is 117 Å². The number of hydrogen-bond donors (Lipinski definition) is 2. The topological polar surface area (TPSA) is 50.7 Å². The smallest absolute Gasteiger partial charge is 0.0897 e. The Bertz CT molecular complexity index is 194. The Balaban J connectivity index is 1.99. The molecule has 0 aromatic carbocycles. The van der Waals surface area contributed by atoms with Gasteiger partial charge in [-0.2, -0.15) is 0 Å². The monoisotopic (exact) mass is 273 g/mol. The predicted octanol–water partition coefficient (Wildman–Crippen LogP) is 2.10. The van der Waals surface area contributed by atoms with Crippen LogP contribution in [0.1, 0.15) is 51.9 Å². The van der Waals surface area contributed by atoms with Gasteiger partial charge >= 0.3 is 0 Å². The molecule has 1 aliphatic rings. The zero-order valence-electron chi connectivity index (χ0n) is 12.4. The first-order chi connectivity index (χ1) is 9.33. The van der Waals surface area contributed by atoms with E-state index in [1.807, 2.05) is 6.92 Å². The highest BCUT2D eigenvalue weighted by Gasteiger charge is 2.12. The molecule has 0 bridgehead atoms. The van der Waals surface area contributed by atoms with Gasteiger partial charge in [0.15, 0.2) is 0 Å². The van der Waals surface area contributed by atoms with Crippen LogP contribution >= 0.6 is 0 Å². The fourth-order valence-corrected chi connectivity index (χ4v) is 2.50. The fraction of sp³-hybridized carbons (Fsp3) is 1.00. The maximum absolute atomic E-state index is 9.83. The number of aliphatic hydroxyl groups excluding tert-OH is 1. The highest BCUT2D eigenvalue weighted by atomic mass is 16.5. The summed E-state index contributed by atoms with van der Waals surface area (Å²) in [6.45, 7) is 4.89. The molecule has 0 heterocycles. The summed E-state index contributed by atoms with van der Waals surface area (Å²) in [5.41, 5.74) is 0. The van der Waals surface area contributed by atoms with Gasteiger partial charge in [-0.1, -0.05) is 32.1 Å². The van der Waals surface area contributed by atoms with Gasteiger partial charge in [0.25, 0.3) is 0 Å². The normalized spacial score (nSPS) is 19.9. The second-order valence-electron chi connectivity index (χ2n) is 5.38. The van der Waals surface area contributed by atoms with E-state index in [2.05, 4.69) is 5.32 Å². The van der Waals surface area contributed by atoms with E-state index in [1.165, 1.54) is 44.9 Å². The van der Waals surface area contributed by atoms with Gasteiger partial charge in [0.1, 0.15) is 0 Å². The molecule has 1 fully saturated rings. The lowest BCUT2D eigenvalue weighted by Gasteiger charge is -2.22. The predicted molar refractivity (Wildman–Crippen MR) is 77.4 cm³/mol. The van der Waals surface area contributed by atoms with Crippen LogP contribution < -0.4 is 5.32 Å². The standard InChI is InChI=1S/C15H31NO3/c1-2-18-10-11-19-13-15(17)12-16-14-8-6-4-3-5-7-9-14/h14-17H,2-13H2,1H3. The molecule has 0 spiro atoms. The lowest BCUT2D eigenvalue weighted by Crippen LogP contribution is -2.38. The minimum atomic E-state index is -0.410. The molecule has 0 radical (unpaired) electrons. The summed E-state index contributed by atoms with van der Waals surface area (Å²) >= 11 is 0. The molecule has 1 atom stereocenters. The van der Waals surface area contributed by atoms with Crippen LogP contribution in [0, 0.1) is 0 Å². The van der Waals surface area contributed by atoms with Gasteiger partial charge in [-0.05, 0) is 19.8 Å². The molecule has 1 aliphatic carbocycles. The molecule has 19 heavy (non-hydrogen) atoms.